The highest BCUT2D eigenvalue weighted by molar-refractivity contribution is 7.90. The van der Waals surface area contributed by atoms with Crippen molar-refractivity contribution in [2.75, 3.05) is 5.32 Å². The Hall–Kier alpha value is -1.89. The average molecular weight is 348 g/mol. The first kappa shape index (κ1) is 17.0. The maximum Gasteiger partial charge on any atom is 0.244 e. The van der Waals surface area contributed by atoms with Gasteiger partial charge in [-0.1, -0.05) is 25.3 Å². The van der Waals surface area contributed by atoms with Gasteiger partial charge in [-0.15, -0.1) is 0 Å². The summed E-state index contributed by atoms with van der Waals surface area (Å²) in [6.07, 6.45) is 6.85. The molecule has 1 aromatic heterocycles. The first-order chi connectivity index (χ1) is 11.4. The lowest BCUT2D eigenvalue weighted by Crippen LogP contribution is -2.28. The maximum atomic E-state index is 12.9. The zero-order valence-electron chi connectivity index (χ0n) is 14.1. The van der Waals surface area contributed by atoms with Crippen molar-refractivity contribution in [1.82, 2.24) is 8.96 Å². The van der Waals surface area contributed by atoms with Gasteiger partial charge >= 0.3 is 0 Å². The van der Waals surface area contributed by atoms with Crippen molar-refractivity contribution in [3.8, 4) is 0 Å². The predicted octanol–water partition coefficient (Wildman–Crippen LogP) is 3.36. The molecule has 1 aromatic carbocycles. The van der Waals surface area contributed by atoms with Crippen molar-refractivity contribution < 1.29 is 8.42 Å². The molecule has 130 valence electrons. The minimum Gasteiger partial charge on any atom is -0.352 e. The van der Waals surface area contributed by atoms with Gasteiger partial charge in [0.05, 0.1) is 16.3 Å². The minimum absolute atomic E-state index is 0.263. The van der Waals surface area contributed by atoms with Crippen LogP contribution < -0.4 is 5.32 Å². The summed E-state index contributed by atoms with van der Waals surface area (Å²) in [5.74, 6) is 0.396. The first-order valence-corrected chi connectivity index (χ1v) is 9.97. The van der Waals surface area contributed by atoms with Gasteiger partial charge in [-0.25, -0.2) is 17.4 Å². The van der Waals surface area contributed by atoms with E-state index in [4.69, 9.17) is 5.41 Å². The Morgan fingerprint density at radius 3 is 2.62 bits per heavy atom. The highest BCUT2D eigenvalue weighted by Gasteiger charge is 2.27. The molecular weight excluding hydrogens is 324 g/mol. The van der Waals surface area contributed by atoms with Gasteiger partial charge in [0.15, 0.2) is 0 Å². The van der Waals surface area contributed by atoms with Crippen molar-refractivity contribution in [1.29, 1.82) is 5.41 Å². The fraction of sp³-hybridized carbons (Fsp3) is 0.529. The maximum absolute atomic E-state index is 12.9. The molecule has 1 fully saturated rings. The van der Waals surface area contributed by atoms with Gasteiger partial charge in [0.2, 0.25) is 16.0 Å². The van der Waals surface area contributed by atoms with Crippen LogP contribution in [0.2, 0.25) is 0 Å². The molecule has 1 aliphatic carbocycles. The molecule has 1 aliphatic rings. The number of aromatic nitrogens is 2. The van der Waals surface area contributed by atoms with E-state index in [1.165, 1.54) is 16.6 Å². The van der Waals surface area contributed by atoms with Crippen LogP contribution >= 0.6 is 0 Å². The molecule has 3 rings (SSSR count). The standard InChI is InChI=1S/C17H24N4O2S/c1-12(2)24(22,23)21-16-10-13(11-18)8-9-15(16)20-17(21)19-14-6-4-3-5-7-14/h8-12,14,18H,3-7H2,1-2H3,(H,19,20). The molecule has 6 nitrogen and oxygen atoms in total. The Kier molecular flexibility index (Phi) is 4.62. The summed E-state index contributed by atoms with van der Waals surface area (Å²) in [6, 6.07) is 5.52. The van der Waals surface area contributed by atoms with E-state index in [-0.39, 0.29) is 6.04 Å². The molecule has 0 spiro atoms. The number of rotatable bonds is 5. The van der Waals surface area contributed by atoms with E-state index in [1.807, 2.05) is 0 Å². The molecule has 24 heavy (non-hydrogen) atoms. The highest BCUT2D eigenvalue weighted by atomic mass is 32.2. The van der Waals surface area contributed by atoms with Gasteiger partial charge in [0, 0.05) is 12.3 Å². The van der Waals surface area contributed by atoms with Crippen LogP contribution in [0.3, 0.4) is 0 Å². The van der Waals surface area contributed by atoms with E-state index in [0.29, 0.717) is 22.5 Å². The van der Waals surface area contributed by atoms with Crippen molar-refractivity contribution in [3.63, 3.8) is 0 Å². The number of hydrogen-bond acceptors (Lipinski definition) is 5. The second-order valence-corrected chi connectivity index (χ2v) is 9.00. The number of benzene rings is 1. The number of fused-ring (bicyclic) bond motifs is 1. The molecule has 2 N–H and O–H groups in total. The summed E-state index contributed by atoms with van der Waals surface area (Å²) in [6.45, 7) is 3.35. The third-order valence-electron chi connectivity index (χ3n) is 4.59. The number of imidazole rings is 1. The smallest absolute Gasteiger partial charge is 0.244 e. The molecule has 0 bridgehead atoms. The van der Waals surface area contributed by atoms with Crippen LogP contribution in [0, 0.1) is 5.41 Å². The Balaban J connectivity index is 2.14. The van der Waals surface area contributed by atoms with Crippen molar-refractivity contribution in [3.05, 3.63) is 23.8 Å². The summed E-state index contributed by atoms with van der Waals surface area (Å²) in [7, 11) is -3.55. The minimum atomic E-state index is -3.55. The second kappa shape index (κ2) is 6.55. The summed E-state index contributed by atoms with van der Waals surface area (Å²) >= 11 is 0. The molecule has 0 unspecified atom stereocenters. The van der Waals surface area contributed by atoms with E-state index in [9.17, 15) is 8.42 Å². The summed E-state index contributed by atoms with van der Waals surface area (Å²) in [5.41, 5.74) is 1.82. The van der Waals surface area contributed by atoms with Crippen LogP contribution in [-0.4, -0.2) is 34.9 Å². The Labute approximate surface area is 142 Å². The van der Waals surface area contributed by atoms with Gasteiger partial charge in [0.25, 0.3) is 0 Å². The lowest BCUT2D eigenvalue weighted by molar-refractivity contribution is 0.460. The van der Waals surface area contributed by atoms with Gasteiger partial charge in [-0.2, -0.15) is 0 Å². The van der Waals surface area contributed by atoms with Gasteiger partial charge < -0.3 is 10.7 Å². The van der Waals surface area contributed by atoms with Gasteiger partial charge in [-0.05, 0) is 44.4 Å². The van der Waals surface area contributed by atoms with Gasteiger partial charge in [-0.3, -0.25) is 0 Å². The van der Waals surface area contributed by atoms with Crippen LogP contribution in [0.15, 0.2) is 18.2 Å². The van der Waals surface area contributed by atoms with Gasteiger partial charge in [0.1, 0.15) is 0 Å². The van der Waals surface area contributed by atoms with Crippen LogP contribution in [-0.2, 0) is 10.0 Å². The van der Waals surface area contributed by atoms with Crippen LogP contribution in [0.5, 0.6) is 0 Å². The van der Waals surface area contributed by atoms with Crippen molar-refractivity contribution >= 4 is 33.2 Å². The lowest BCUT2D eigenvalue weighted by atomic mass is 9.96. The number of hydrogen-bond donors (Lipinski definition) is 2. The van der Waals surface area contributed by atoms with Crippen molar-refractivity contribution in [2.24, 2.45) is 0 Å². The quantitative estimate of drug-likeness (QED) is 0.811. The fourth-order valence-corrected chi connectivity index (χ4v) is 4.33. The molecular formula is C17H24N4O2S. The molecule has 2 aromatic rings. The molecule has 0 atom stereocenters. The lowest BCUT2D eigenvalue weighted by Gasteiger charge is -2.24. The predicted molar refractivity (Wildman–Crippen MR) is 97.6 cm³/mol. The third-order valence-corrected chi connectivity index (χ3v) is 6.66. The molecule has 1 saturated carbocycles. The highest BCUT2D eigenvalue weighted by Crippen LogP contribution is 2.28. The number of anilines is 1. The summed E-state index contributed by atoms with van der Waals surface area (Å²) < 4.78 is 27.1. The molecule has 0 radical (unpaired) electrons. The Bertz CT molecular complexity index is 849. The molecule has 1 heterocycles. The largest absolute Gasteiger partial charge is 0.352 e. The molecule has 0 aliphatic heterocycles. The SMILES string of the molecule is CC(C)S(=O)(=O)n1c(NC2CCCCC2)nc2ccc(C=N)cc21. The van der Waals surface area contributed by atoms with E-state index < -0.39 is 15.3 Å². The van der Waals surface area contributed by atoms with E-state index >= 15 is 0 Å². The normalized spacial score (nSPS) is 16.6. The monoisotopic (exact) mass is 348 g/mol. The summed E-state index contributed by atoms with van der Waals surface area (Å²) in [5, 5.41) is 10.2. The number of nitrogens with zero attached hydrogens (tertiary/aromatic N) is 2. The zero-order valence-corrected chi connectivity index (χ0v) is 14.9. The van der Waals surface area contributed by atoms with E-state index in [2.05, 4.69) is 10.3 Å². The van der Waals surface area contributed by atoms with Crippen LogP contribution in [0.4, 0.5) is 5.95 Å². The van der Waals surface area contributed by atoms with Crippen LogP contribution in [0.1, 0.15) is 51.5 Å². The Morgan fingerprint density at radius 1 is 1.29 bits per heavy atom. The first-order valence-electron chi connectivity index (χ1n) is 8.47. The summed E-state index contributed by atoms with van der Waals surface area (Å²) in [4.78, 5) is 4.53. The van der Waals surface area contributed by atoms with Crippen LogP contribution in [0.25, 0.3) is 11.0 Å². The number of nitrogens with one attached hydrogen (secondary N) is 2. The molecule has 7 heteroatoms. The zero-order chi connectivity index (χ0) is 17.3. The molecule has 0 amide bonds. The Morgan fingerprint density at radius 2 is 2.00 bits per heavy atom. The molecule has 0 saturated heterocycles. The fourth-order valence-electron chi connectivity index (χ4n) is 3.15. The topological polar surface area (TPSA) is 87.8 Å². The third kappa shape index (κ3) is 3.05. The van der Waals surface area contributed by atoms with E-state index in [0.717, 1.165) is 25.7 Å². The van der Waals surface area contributed by atoms with E-state index in [1.54, 1.807) is 32.0 Å². The average Bonchev–Trinajstić information content (AvgIpc) is 2.92. The van der Waals surface area contributed by atoms with Crippen molar-refractivity contribution in [2.45, 2.75) is 57.2 Å². The second-order valence-electron chi connectivity index (χ2n) is 6.67.